The molecule has 0 amide bonds. The van der Waals surface area contributed by atoms with Crippen LogP contribution in [0.5, 0.6) is 0 Å². The van der Waals surface area contributed by atoms with E-state index in [9.17, 15) is 18.0 Å². The number of hydrogen-bond donors (Lipinski definition) is 1. The zero-order chi connectivity index (χ0) is 23.6. The summed E-state index contributed by atoms with van der Waals surface area (Å²) in [5, 5.41) is 0. The molecule has 0 aromatic heterocycles. The van der Waals surface area contributed by atoms with Crippen LogP contribution >= 0.6 is 0 Å². The molecule has 7 nitrogen and oxygen atoms in total. The Labute approximate surface area is 192 Å². The van der Waals surface area contributed by atoms with Crippen LogP contribution in [0, 0.1) is 13.8 Å². The Hall–Kier alpha value is -3.78. The van der Waals surface area contributed by atoms with Crippen molar-refractivity contribution >= 4 is 27.6 Å². The van der Waals surface area contributed by atoms with Crippen LogP contribution in [-0.4, -0.2) is 32.6 Å². The highest BCUT2D eigenvalue weighted by molar-refractivity contribution is 7.90. The number of benzene rings is 3. The van der Waals surface area contributed by atoms with Crippen LogP contribution < -0.4 is 4.72 Å². The molecule has 1 heterocycles. The van der Waals surface area contributed by atoms with Crippen molar-refractivity contribution < 1.29 is 22.7 Å². The van der Waals surface area contributed by atoms with Gasteiger partial charge in [-0.2, -0.15) is 0 Å². The minimum absolute atomic E-state index is 0.0688. The lowest BCUT2D eigenvalue weighted by molar-refractivity contribution is -0.145. The number of nitrogens with one attached hydrogen (secondary N) is 1. The van der Waals surface area contributed by atoms with Crippen molar-refractivity contribution in [2.75, 3.05) is 6.54 Å². The molecule has 1 N–H and O–H groups in total. The maximum atomic E-state index is 13.2. The van der Waals surface area contributed by atoms with E-state index in [0.29, 0.717) is 16.7 Å². The Morgan fingerprint density at radius 2 is 1.52 bits per heavy atom. The molecular weight excluding hydrogens is 440 g/mol. The summed E-state index contributed by atoms with van der Waals surface area (Å²) in [6.45, 7) is 3.39. The van der Waals surface area contributed by atoms with Gasteiger partial charge in [0.05, 0.1) is 4.90 Å². The van der Waals surface area contributed by atoms with E-state index in [0.717, 1.165) is 11.1 Å². The van der Waals surface area contributed by atoms with Crippen molar-refractivity contribution in [3.8, 4) is 0 Å². The van der Waals surface area contributed by atoms with Crippen molar-refractivity contribution in [3.63, 3.8) is 0 Å². The number of Topliss-reactive ketones (excluding diaryl/α,β-unsaturated/α-hetero) is 1. The van der Waals surface area contributed by atoms with Crippen LogP contribution in [0.25, 0.3) is 0 Å². The fourth-order valence-corrected chi connectivity index (χ4v) is 4.70. The molecule has 8 heteroatoms. The number of carbonyl (C=O) groups is 2. The largest absolute Gasteiger partial charge is 0.448 e. The van der Waals surface area contributed by atoms with Crippen LogP contribution in [0.1, 0.15) is 38.7 Å². The lowest BCUT2D eigenvalue weighted by Crippen LogP contribution is -2.25. The summed E-state index contributed by atoms with van der Waals surface area (Å²) in [7, 11) is -3.71. The molecule has 3 aromatic rings. The van der Waals surface area contributed by atoms with Gasteiger partial charge in [0.1, 0.15) is 12.4 Å². The van der Waals surface area contributed by atoms with Crippen LogP contribution in [0.4, 0.5) is 0 Å². The summed E-state index contributed by atoms with van der Waals surface area (Å²) in [5.74, 6) is -1.04. The van der Waals surface area contributed by atoms with E-state index < -0.39 is 28.6 Å². The van der Waals surface area contributed by atoms with Crippen LogP contribution in [0.3, 0.4) is 0 Å². The van der Waals surface area contributed by atoms with Crippen molar-refractivity contribution in [3.05, 3.63) is 101 Å². The lowest BCUT2D eigenvalue weighted by Gasteiger charge is -2.17. The van der Waals surface area contributed by atoms with Crippen LogP contribution in [0.15, 0.2) is 82.7 Å². The third-order valence-corrected chi connectivity index (χ3v) is 6.63. The predicted octanol–water partition coefficient (Wildman–Crippen LogP) is 3.51. The van der Waals surface area contributed by atoms with E-state index in [1.807, 2.05) is 38.1 Å². The summed E-state index contributed by atoms with van der Waals surface area (Å²) < 4.78 is 32.3. The second-order valence-electron chi connectivity index (χ2n) is 7.78. The molecule has 33 heavy (non-hydrogen) atoms. The Kier molecular flexibility index (Phi) is 6.11. The van der Waals surface area contributed by atoms with Gasteiger partial charge in [0.25, 0.3) is 10.0 Å². The molecule has 1 aliphatic rings. The number of carbonyl (C=O) groups excluding carboxylic acids is 2. The molecule has 0 saturated heterocycles. The molecule has 1 atom stereocenters. The molecule has 0 aliphatic carbocycles. The van der Waals surface area contributed by atoms with Gasteiger partial charge in [0, 0.05) is 16.7 Å². The molecule has 0 radical (unpaired) electrons. The van der Waals surface area contributed by atoms with Gasteiger partial charge in [-0.15, -0.1) is 0 Å². The fourth-order valence-electron chi connectivity index (χ4n) is 3.45. The number of ether oxygens (including phenoxy) is 1. The number of fused-ring (bicyclic) bond motifs is 1. The van der Waals surface area contributed by atoms with Crippen LogP contribution in [-0.2, 0) is 19.6 Å². The van der Waals surface area contributed by atoms with Gasteiger partial charge in [-0.1, -0.05) is 71.8 Å². The average Bonchev–Trinajstić information content (AvgIpc) is 3.07. The molecule has 1 aliphatic heterocycles. The van der Waals surface area contributed by atoms with Crippen molar-refractivity contribution in [1.82, 2.24) is 4.72 Å². The smallest absolute Gasteiger partial charge is 0.328 e. The van der Waals surface area contributed by atoms with E-state index >= 15 is 0 Å². The number of sulfonamides is 1. The van der Waals surface area contributed by atoms with Gasteiger partial charge in [-0.3, -0.25) is 19.3 Å². The zero-order valence-electron chi connectivity index (χ0n) is 18.1. The highest BCUT2D eigenvalue weighted by Gasteiger charge is 2.31. The van der Waals surface area contributed by atoms with Crippen LogP contribution in [0.2, 0.25) is 0 Å². The number of esters is 1. The topological polar surface area (TPSA) is 102 Å². The molecule has 0 bridgehead atoms. The van der Waals surface area contributed by atoms with E-state index in [1.165, 1.54) is 6.07 Å². The summed E-state index contributed by atoms with van der Waals surface area (Å²) >= 11 is 0. The van der Waals surface area contributed by atoms with E-state index in [1.54, 1.807) is 42.5 Å². The maximum absolute atomic E-state index is 13.2. The van der Waals surface area contributed by atoms with E-state index in [2.05, 4.69) is 9.71 Å². The standard InChI is InChI=1S/C25H22N2O5S/c1-16-7-11-18(12-8-16)23(29)24(19-13-9-17(2)10-14-19)32-22(28)15-26-25-20-5-3-4-6-21(20)33(30,31)27-25/h3-14,24H,15H2,1-2H3,(H,26,27). The van der Waals surface area contributed by atoms with Gasteiger partial charge < -0.3 is 4.74 Å². The Morgan fingerprint density at radius 1 is 0.909 bits per heavy atom. The normalized spacial score (nSPS) is 16.0. The molecule has 4 rings (SSSR count). The highest BCUT2D eigenvalue weighted by Crippen LogP contribution is 2.25. The van der Waals surface area contributed by atoms with Crippen molar-refractivity contribution in [1.29, 1.82) is 0 Å². The summed E-state index contributed by atoms with van der Waals surface area (Å²) in [6.07, 6.45) is -1.14. The fraction of sp³-hybridized carbons (Fsp3) is 0.160. The van der Waals surface area contributed by atoms with Crippen molar-refractivity contribution in [2.45, 2.75) is 24.8 Å². The van der Waals surface area contributed by atoms with Gasteiger partial charge in [0.2, 0.25) is 5.78 Å². The first-order chi connectivity index (χ1) is 15.7. The maximum Gasteiger partial charge on any atom is 0.328 e. The summed E-state index contributed by atoms with van der Waals surface area (Å²) in [6, 6.07) is 20.5. The molecular formula is C25H22N2O5S. The number of ketones is 1. The second-order valence-corrected chi connectivity index (χ2v) is 9.43. The Balaban J connectivity index is 1.57. The molecule has 3 aromatic carbocycles. The third-order valence-electron chi connectivity index (χ3n) is 5.23. The van der Waals surface area contributed by atoms with E-state index in [-0.39, 0.29) is 16.5 Å². The third kappa shape index (κ3) is 4.85. The Morgan fingerprint density at radius 3 is 2.18 bits per heavy atom. The average molecular weight is 463 g/mol. The number of nitrogens with zero attached hydrogens (tertiary/aromatic N) is 1. The molecule has 0 fully saturated rings. The zero-order valence-corrected chi connectivity index (χ0v) is 18.9. The number of rotatable bonds is 6. The second kappa shape index (κ2) is 8.99. The SMILES string of the molecule is Cc1ccc(C(=O)C(OC(=O)CN=C2NS(=O)(=O)c3ccccc32)c2ccc(C)cc2)cc1. The highest BCUT2D eigenvalue weighted by atomic mass is 32.2. The number of amidine groups is 1. The predicted molar refractivity (Wildman–Crippen MR) is 124 cm³/mol. The van der Waals surface area contributed by atoms with Gasteiger partial charge in [0.15, 0.2) is 6.10 Å². The lowest BCUT2D eigenvalue weighted by atomic mass is 9.98. The first-order valence-electron chi connectivity index (χ1n) is 10.3. The number of aliphatic imine (C=N–C) groups is 1. The number of aryl methyl sites for hydroxylation is 2. The van der Waals surface area contributed by atoms with Gasteiger partial charge >= 0.3 is 5.97 Å². The summed E-state index contributed by atoms with van der Waals surface area (Å²) in [5.41, 5.74) is 3.36. The molecule has 0 saturated carbocycles. The number of hydrogen-bond acceptors (Lipinski definition) is 6. The monoisotopic (exact) mass is 462 g/mol. The van der Waals surface area contributed by atoms with E-state index in [4.69, 9.17) is 4.74 Å². The minimum Gasteiger partial charge on any atom is -0.448 e. The van der Waals surface area contributed by atoms with Crippen molar-refractivity contribution in [2.24, 2.45) is 4.99 Å². The summed E-state index contributed by atoms with van der Waals surface area (Å²) in [4.78, 5) is 30.0. The molecule has 168 valence electrons. The van der Waals surface area contributed by atoms with Gasteiger partial charge in [-0.05, 0) is 26.0 Å². The molecule has 0 spiro atoms. The Bertz CT molecular complexity index is 1340. The quantitative estimate of drug-likeness (QED) is 0.446. The van der Waals surface area contributed by atoms with Gasteiger partial charge in [-0.25, -0.2) is 8.42 Å². The first-order valence-corrected chi connectivity index (χ1v) is 11.8. The first kappa shape index (κ1) is 22.4. The molecule has 1 unspecified atom stereocenters. The minimum atomic E-state index is -3.71.